The van der Waals surface area contributed by atoms with Crippen LogP contribution in [-0.2, 0) is 0 Å². The van der Waals surface area contributed by atoms with Crippen LogP contribution in [0.1, 0.15) is 5.56 Å². The van der Waals surface area contributed by atoms with Gasteiger partial charge in [0.15, 0.2) is 0 Å². The second kappa shape index (κ2) is 3.34. The molecule has 13 heavy (non-hydrogen) atoms. The average molecular weight is 181 g/mol. The van der Waals surface area contributed by atoms with Crippen LogP contribution >= 0.6 is 0 Å². The zero-order chi connectivity index (χ0) is 9.26. The van der Waals surface area contributed by atoms with E-state index in [-0.39, 0.29) is 11.9 Å². The molecule has 0 amide bonds. The van der Waals surface area contributed by atoms with E-state index < -0.39 is 0 Å². The molecule has 0 spiro atoms. The molecule has 0 unspecified atom stereocenters. The summed E-state index contributed by atoms with van der Waals surface area (Å²) in [6.45, 7) is 3.57. The number of benzene rings is 1. The van der Waals surface area contributed by atoms with Crippen molar-refractivity contribution in [3.05, 3.63) is 29.6 Å². The Balaban J connectivity index is 2.10. The minimum absolute atomic E-state index is 0.209. The minimum Gasteiger partial charge on any atom is -0.488 e. The Bertz CT molecular complexity index is 290. The summed E-state index contributed by atoms with van der Waals surface area (Å²) in [5.74, 6) is 0.395. The Morgan fingerprint density at radius 1 is 1.38 bits per heavy atom. The number of nitrogens with one attached hydrogen (secondary N) is 1. The molecule has 0 bridgehead atoms. The lowest BCUT2D eigenvalue weighted by molar-refractivity contribution is 0.141. The minimum atomic E-state index is -0.234. The fourth-order valence-electron chi connectivity index (χ4n) is 1.31. The van der Waals surface area contributed by atoms with E-state index in [1.54, 1.807) is 0 Å². The highest BCUT2D eigenvalue weighted by Crippen LogP contribution is 2.17. The monoisotopic (exact) mass is 181 g/mol. The van der Waals surface area contributed by atoms with Crippen LogP contribution in [-0.4, -0.2) is 19.2 Å². The van der Waals surface area contributed by atoms with Gasteiger partial charge in [-0.15, -0.1) is 0 Å². The summed E-state index contributed by atoms with van der Waals surface area (Å²) in [5.41, 5.74) is 0.891. The van der Waals surface area contributed by atoms with Gasteiger partial charge in [0.05, 0.1) is 0 Å². The van der Waals surface area contributed by atoms with Gasteiger partial charge in [0, 0.05) is 19.2 Å². The van der Waals surface area contributed by atoms with Gasteiger partial charge in [0.1, 0.15) is 17.7 Å². The van der Waals surface area contributed by atoms with E-state index in [1.807, 2.05) is 13.0 Å². The maximum atomic E-state index is 12.9. The van der Waals surface area contributed by atoms with Gasteiger partial charge in [0.25, 0.3) is 0 Å². The third-order valence-corrected chi connectivity index (χ3v) is 2.06. The third-order valence-electron chi connectivity index (χ3n) is 2.06. The lowest BCUT2D eigenvalue weighted by atomic mass is 10.2. The number of ether oxygens (including phenoxy) is 1. The molecule has 2 rings (SSSR count). The molecule has 0 atom stereocenters. The second-order valence-electron chi connectivity index (χ2n) is 3.36. The third kappa shape index (κ3) is 1.98. The number of hydrogen-bond donors (Lipinski definition) is 1. The van der Waals surface area contributed by atoms with Crippen LogP contribution < -0.4 is 10.1 Å². The van der Waals surface area contributed by atoms with Crippen molar-refractivity contribution in [3.8, 4) is 5.75 Å². The Morgan fingerprint density at radius 3 is 2.69 bits per heavy atom. The Hall–Kier alpha value is -1.09. The molecule has 1 aromatic rings. The highest BCUT2D eigenvalue weighted by Gasteiger charge is 2.18. The molecule has 1 aliphatic rings. The standard InChI is InChI=1S/C10H12FNO/c1-7-2-8(11)4-9(3-7)13-10-5-12-6-10/h2-4,10,12H,5-6H2,1H3. The van der Waals surface area contributed by atoms with Crippen LogP contribution in [0.4, 0.5) is 4.39 Å². The number of hydrogen-bond acceptors (Lipinski definition) is 2. The van der Waals surface area contributed by atoms with Crippen molar-refractivity contribution in [2.24, 2.45) is 0 Å². The number of rotatable bonds is 2. The van der Waals surface area contributed by atoms with E-state index in [0.717, 1.165) is 18.7 Å². The van der Waals surface area contributed by atoms with Crippen molar-refractivity contribution >= 4 is 0 Å². The van der Waals surface area contributed by atoms with Gasteiger partial charge >= 0.3 is 0 Å². The molecule has 0 saturated carbocycles. The average Bonchev–Trinajstić information content (AvgIpc) is 1.95. The SMILES string of the molecule is Cc1cc(F)cc(OC2CNC2)c1. The number of halogens is 1. The van der Waals surface area contributed by atoms with E-state index in [0.29, 0.717) is 5.75 Å². The van der Waals surface area contributed by atoms with Crippen LogP contribution in [0.15, 0.2) is 18.2 Å². The molecule has 70 valence electrons. The first-order chi connectivity index (χ1) is 6.24. The van der Waals surface area contributed by atoms with Crippen molar-refractivity contribution in [3.63, 3.8) is 0 Å². The molecule has 0 aromatic heterocycles. The zero-order valence-corrected chi connectivity index (χ0v) is 7.51. The maximum absolute atomic E-state index is 12.9. The topological polar surface area (TPSA) is 21.3 Å². The number of aryl methyl sites for hydroxylation is 1. The van der Waals surface area contributed by atoms with Gasteiger partial charge < -0.3 is 10.1 Å². The fraction of sp³-hybridized carbons (Fsp3) is 0.400. The quantitative estimate of drug-likeness (QED) is 0.746. The van der Waals surface area contributed by atoms with Crippen molar-refractivity contribution in [2.75, 3.05) is 13.1 Å². The summed E-state index contributed by atoms with van der Waals surface area (Å²) in [7, 11) is 0. The smallest absolute Gasteiger partial charge is 0.127 e. The van der Waals surface area contributed by atoms with E-state index in [1.165, 1.54) is 12.1 Å². The van der Waals surface area contributed by atoms with Gasteiger partial charge in [-0.05, 0) is 24.6 Å². The summed E-state index contributed by atoms with van der Waals surface area (Å²) < 4.78 is 18.4. The highest BCUT2D eigenvalue weighted by atomic mass is 19.1. The predicted molar refractivity (Wildman–Crippen MR) is 48.4 cm³/mol. The van der Waals surface area contributed by atoms with Gasteiger partial charge in [-0.25, -0.2) is 4.39 Å². The molecule has 1 fully saturated rings. The zero-order valence-electron chi connectivity index (χ0n) is 7.51. The maximum Gasteiger partial charge on any atom is 0.127 e. The summed E-state index contributed by atoms with van der Waals surface area (Å²) >= 11 is 0. The van der Waals surface area contributed by atoms with Crippen LogP contribution in [0.25, 0.3) is 0 Å². The largest absolute Gasteiger partial charge is 0.488 e. The van der Waals surface area contributed by atoms with Gasteiger partial charge in [-0.1, -0.05) is 0 Å². The molecular formula is C10H12FNO. The molecule has 0 aliphatic carbocycles. The molecule has 1 heterocycles. The molecule has 2 nitrogen and oxygen atoms in total. The lowest BCUT2D eigenvalue weighted by Gasteiger charge is -2.27. The lowest BCUT2D eigenvalue weighted by Crippen LogP contribution is -2.50. The van der Waals surface area contributed by atoms with Gasteiger partial charge in [0.2, 0.25) is 0 Å². The van der Waals surface area contributed by atoms with Crippen molar-refractivity contribution in [2.45, 2.75) is 13.0 Å². The first-order valence-electron chi connectivity index (χ1n) is 4.38. The van der Waals surface area contributed by atoms with Crippen LogP contribution in [0.2, 0.25) is 0 Å². The van der Waals surface area contributed by atoms with E-state index in [4.69, 9.17) is 4.74 Å². The first kappa shape index (κ1) is 8.51. The molecular weight excluding hydrogens is 169 g/mol. The van der Waals surface area contributed by atoms with Crippen LogP contribution in [0.3, 0.4) is 0 Å². The Kier molecular flexibility index (Phi) is 2.19. The van der Waals surface area contributed by atoms with E-state index in [9.17, 15) is 4.39 Å². The predicted octanol–water partition coefficient (Wildman–Crippen LogP) is 1.48. The van der Waals surface area contributed by atoms with Crippen molar-refractivity contribution in [1.82, 2.24) is 5.32 Å². The van der Waals surface area contributed by atoms with Crippen molar-refractivity contribution < 1.29 is 9.13 Å². The second-order valence-corrected chi connectivity index (χ2v) is 3.36. The highest BCUT2D eigenvalue weighted by molar-refractivity contribution is 5.29. The van der Waals surface area contributed by atoms with Gasteiger partial charge in [-0.3, -0.25) is 0 Å². The molecule has 3 heteroatoms. The summed E-state index contributed by atoms with van der Waals surface area (Å²) in [6, 6.07) is 4.76. The van der Waals surface area contributed by atoms with Crippen LogP contribution in [0.5, 0.6) is 5.75 Å². The summed E-state index contributed by atoms with van der Waals surface area (Å²) in [4.78, 5) is 0. The van der Waals surface area contributed by atoms with E-state index in [2.05, 4.69) is 5.32 Å². The fourth-order valence-corrected chi connectivity index (χ4v) is 1.31. The molecule has 1 saturated heterocycles. The molecule has 0 radical (unpaired) electrons. The van der Waals surface area contributed by atoms with Gasteiger partial charge in [-0.2, -0.15) is 0 Å². The van der Waals surface area contributed by atoms with Crippen LogP contribution in [0, 0.1) is 12.7 Å². The Labute approximate surface area is 76.7 Å². The Morgan fingerprint density at radius 2 is 2.15 bits per heavy atom. The molecule has 1 aliphatic heterocycles. The summed E-state index contributed by atoms with van der Waals surface area (Å²) in [6.07, 6.45) is 0.209. The molecule has 1 aromatic carbocycles. The normalized spacial score (nSPS) is 16.8. The van der Waals surface area contributed by atoms with Crippen molar-refractivity contribution in [1.29, 1.82) is 0 Å². The summed E-state index contributed by atoms with van der Waals surface area (Å²) in [5, 5.41) is 3.09. The van der Waals surface area contributed by atoms with E-state index >= 15 is 0 Å². The molecule has 1 N–H and O–H groups in total. The first-order valence-corrected chi connectivity index (χ1v) is 4.38.